The molecule has 7 heteroatoms. The minimum atomic E-state index is -0.202. The van der Waals surface area contributed by atoms with Crippen LogP contribution in [0.2, 0.25) is 0 Å². The summed E-state index contributed by atoms with van der Waals surface area (Å²) in [6, 6.07) is 15.4. The van der Waals surface area contributed by atoms with Crippen LogP contribution in [0.4, 0.5) is 5.69 Å². The molecule has 1 atom stereocenters. The van der Waals surface area contributed by atoms with Crippen LogP contribution in [0.3, 0.4) is 0 Å². The van der Waals surface area contributed by atoms with Crippen molar-refractivity contribution in [3.63, 3.8) is 0 Å². The summed E-state index contributed by atoms with van der Waals surface area (Å²) in [5, 5.41) is 2.91. The van der Waals surface area contributed by atoms with Crippen molar-refractivity contribution in [2.24, 2.45) is 0 Å². The van der Waals surface area contributed by atoms with Gasteiger partial charge in [0, 0.05) is 24.0 Å². The van der Waals surface area contributed by atoms with Crippen LogP contribution in [0, 0.1) is 6.92 Å². The molecule has 3 aromatic rings. The number of para-hydroxylation sites is 2. The molecule has 0 radical (unpaired) electrons. The summed E-state index contributed by atoms with van der Waals surface area (Å²) in [6.45, 7) is 3.52. The molecule has 1 amide bonds. The zero-order chi connectivity index (χ0) is 23.2. The van der Waals surface area contributed by atoms with Crippen molar-refractivity contribution in [2.45, 2.75) is 38.8 Å². The van der Waals surface area contributed by atoms with Crippen LogP contribution in [0.5, 0.6) is 11.5 Å². The molecule has 1 N–H and O–H groups in total. The van der Waals surface area contributed by atoms with Crippen LogP contribution >= 0.6 is 0 Å². The number of methoxy groups -OCH3 is 2. The quantitative estimate of drug-likeness (QED) is 0.563. The number of aryl methyl sites for hydroxylation is 1. The number of hydrogen-bond acceptors (Lipinski definition) is 6. The first-order valence-electron chi connectivity index (χ1n) is 11.2. The van der Waals surface area contributed by atoms with Gasteiger partial charge in [-0.2, -0.15) is 0 Å². The molecule has 0 spiro atoms. The minimum absolute atomic E-state index is 0.0830. The van der Waals surface area contributed by atoms with E-state index in [1.165, 1.54) is 0 Å². The van der Waals surface area contributed by atoms with Crippen LogP contribution < -0.4 is 14.8 Å². The number of nitrogens with zero attached hydrogens (tertiary/aromatic N) is 3. The van der Waals surface area contributed by atoms with E-state index in [9.17, 15) is 4.79 Å². The maximum absolute atomic E-state index is 12.7. The summed E-state index contributed by atoms with van der Waals surface area (Å²) in [5.74, 6) is 2.04. The summed E-state index contributed by atoms with van der Waals surface area (Å²) < 4.78 is 11.1. The zero-order valence-corrected chi connectivity index (χ0v) is 19.4. The highest BCUT2D eigenvalue weighted by Gasteiger charge is 2.28. The molecule has 1 unspecified atom stereocenters. The topological polar surface area (TPSA) is 76.6 Å². The highest BCUT2D eigenvalue weighted by Crippen LogP contribution is 2.35. The van der Waals surface area contributed by atoms with Gasteiger partial charge in [0.05, 0.1) is 31.5 Å². The molecule has 7 nitrogen and oxygen atoms in total. The van der Waals surface area contributed by atoms with Crippen molar-refractivity contribution in [1.82, 2.24) is 14.9 Å². The zero-order valence-electron chi connectivity index (χ0n) is 19.4. The Morgan fingerprint density at radius 2 is 1.91 bits per heavy atom. The Balaban J connectivity index is 1.55. The van der Waals surface area contributed by atoms with Crippen LogP contribution in [0.25, 0.3) is 0 Å². The molecule has 2 heterocycles. The minimum Gasteiger partial charge on any atom is -0.493 e. The average Bonchev–Trinajstić information content (AvgIpc) is 2.84. The number of anilines is 1. The normalized spacial score (nSPS) is 16.3. The Labute approximate surface area is 194 Å². The smallest absolute Gasteiger partial charge is 0.259 e. The number of carbonyl (C=O) groups excluding carboxylic acids is 1. The van der Waals surface area contributed by atoms with Gasteiger partial charge in [-0.05, 0) is 44.5 Å². The van der Waals surface area contributed by atoms with Crippen LogP contribution in [-0.4, -0.2) is 41.5 Å². The number of nitrogens with one attached hydrogen (secondary N) is 1. The fourth-order valence-electron chi connectivity index (χ4n) is 4.36. The van der Waals surface area contributed by atoms with Crippen molar-refractivity contribution in [3.8, 4) is 11.5 Å². The third kappa shape index (κ3) is 5.14. The highest BCUT2D eigenvalue weighted by molar-refractivity contribution is 6.04. The fourth-order valence-corrected chi connectivity index (χ4v) is 4.36. The molecular formula is C26H30N4O3. The number of likely N-dealkylation sites (tertiary alicyclic amines) is 1. The number of hydrogen-bond donors (Lipinski definition) is 1. The second kappa shape index (κ2) is 10.4. The van der Waals surface area contributed by atoms with Gasteiger partial charge in [0.1, 0.15) is 5.82 Å². The Kier molecular flexibility index (Phi) is 7.19. The van der Waals surface area contributed by atoms with E-state index in [0.717, 1.165) is 54.4 Å². The molecule has 1 saturated heterocycles. The van der Waals surface area contributed by atoms with Crippen molar-refractivity contribution < 1.29 is 14.3 Å². The molecule has 172 valence electrons. The van der Waals surface area contributed by atoms with Gasteiger partial charge in [-0.25, -0.2) is 9.97 Å². The van der Waals surface area contributed by atoms with E-state index >= 15 is 0 Å². The van der Waals surface area contributed by atoms with E-state index in [0.29, 0.717) is 17.8 Å². The van der Waals surface area contributed by atoms with E-state index in [1.54, 1.807) is 20.4 Å². The number of aromatic nitrogens is 2. The molecule has 2 aromatic carbocycles. The number of amides is 1. The lowest BCUT2D eigenvalue weighted by Crippen LogP contribution is -2.34. The molecule has 0 aliphatic carbocycles. The molecule has 1 fully saturated rings. The molecule has 0 bridgehead atoms. The number of rotatable bonds is 7. The number of ether oxygens (including phenoxy) is 2. The van der Waals surface area contributed by atoms with Gasteiger partial charge in [0.25, 0.3) is 5.91 Å². The van der Waals surface area contributed by atoms with E-state index in [-0.39, 0.29) is 11.9 Å². The maximum atomic E-state index is 12.7. The molecule has 4 rings (SSSR count). The Morgan fingerprint density at radius 1 is 1.09 bits per heavy atom. The van der Waals surface area contributed by atoms with Crippen molar-refractivity contribution in [1.29, 1.82) is 0 Å². The van der Waals surface area contributed by atoms with Crippen molar-refractivity contribution >= 4 is 11.6 Å². The predicted molar refractivity (Wildman–Crippen MR) is 128 cm³/mol. The van der Waals surface area contributed by atoms with Gasteiger partial charge in [0.2, 0.25) is 0 Å². The number of piperidine rings is 1. The van der Waals surface area contributed by atoms with Gasteiger partial charge in [0.15, 0.2) is 11.5 Å². The predicted octanol–water partition coefficient (Wildman–Crippen LogP) is 4.78. The van der Waals surface area contributed by atoms with Gasteiger partial charge in [-0.15, -0.1) is 0 Å². The van der Waals surface area contributed by atoms with Crippen LogP contribution in [0.1, 0.15) is 52.7 Å². The Morgan fingerprint density at radius 3 is 2.64 bits per heavy atom. The van der Waals surface area contributed by atoms with Gasteiger partial charge in [-0.1, -0.05) is 36.8 Å². The number of benzene rings is 2. The fraction of sp³-hybridized carbons (Fsp3) is 0.346. The molecule has 0 saturated carbocycles. The lowest BCUT2D eigenvalue weighted by molar-refractivity contribution is 0.102. The first kappa shape index (κ1) is 22.7. The Bertz CT molecular complexity index is 1100. The first-order chi connectivity index (χ1) is 16.1. The van der Waals surface area contributed by atoms with E-state index in [2.05, 4.69) is 21.3 Å². The second-order valence-electron chi connectivity index (χ2n) is 8.18. The Hall–Kier alpha value is -3.45. The first-order valence-corrected chi connectivity index (χ1v) is 11.2. The SMILES string of the molecule is COc1cccc(CN2CCCCC2c2ncc(C(=O)Nc3ccccc3)c(C)n2)c1OC. The van der Waals surface area contributed by atoms with Gasteiger partial charge < -0.3 is 14.8 Å². The standard InChI is InChI=1S/C26H30N4O3/c1-18-21(26(31)29-20-11-5-4-6-12-20)16-27-25(28-18)22-13-7-8-15-30(22)17-19-10-9-14-23(32-2)24(19)33-3/h4-6,9-12,14,16,22H,7-8,13,15,17H2,1-3H3,(H,29,31). The van der Waals surface area contributed by atoms with E-state index < -0.39 is 0 Å². The summed E-state index contributed by atoms with van der Waals surface area (Å²) in [4.78, 5) is 24.5. The summed E-state index contributed by atoms with van der Waals surface area (Å²) in [5.41, 5.74) is 2.98. The van der Waals surface area contributed by atoms with Crippen LogP contribution in [0.15, 0.2) is 54.7 Å². The molecule has 33 heavy (non-hydrogen) atoms. The molecule has 1 aromatic heterocycles. The summed E-state index contributed by atoms with van der Waals surface area (Å²) >= 11 is 0. The molecular weight excluding hydrogens is 416 g/mol. The lowest BCUT2D eigenvalue weighted by Gasteiger charge is -2.35. The third-order valence-corrected chi connectivity index (χ3v) is 6.04. The molecule has 1 aliphatic rings. The summed E-state index contributed by atoms with van der Waals surface area (Å²) in [6.07, 6.45) is 4.87. The monoisotopic (exact) mass is 446 g/mol. The average molecular weight is 447 g/mol. The third-order valence-electron chi connectivity index (χ3n) is 6.04. The van der Waals surface area contributed by atoms with Crippen molar-refractivity contribution in [2.75, 3.05) is 26.1 Å². The summed E-state index contributed by atoms with van der Waals surface area (Å²) in [7, 11) is 3.32. The highest BCUT2D eigenvalue weighted by atomic mass is 16.5. The maximum Gasteiger partial charge on any atom is 0.259 e. The van der Waals surface area contributed by atoms with Crippen molar-refractivity contribution in [3.05, 3.63) is 77.4 Å². The van der Waals surface area contributed by atoms with E-state index in [1.807, 2.05) is 49.4 Å². The largest absolute Gasteiger partial charge is 0.493 e. The van der Waals surface area contributed by atoms with Crippen LogP contribution in [-0.2, 0) is 6.54 Å². The number of carbonyl (C=O) groups is 1. The molecule has 1 aliphatic heterocycles. The van der Waals surface area contributed by atoms with E-state index in [4.69, 9.17) is 14.5 Å². The van der Waals surface area contributed by atoms with Gasteiger partial charge >= 0.3 is 0 Å². The van der Waals surface area contributed by atoms with Gasteiger partial charge in [-0.3, -0.25) is 9.69 Å². The second-order valence-corrected chi connectivity index (χ2v) is 8.18. The lowest BCUT2D eigenvalue weighted by atomic mass is 9.99.